The van der Waals surface area contributed by atoms with Crippen LogP contribution in [0.25, 0.3) is 0 Å². The molecule has 0 radical (unpaired) electrons. The molecule has 1 aromatic heterocycles. The highest BCUT2D eigenvalue weighted by Gasteiger charge is 2.58. The molecule has 5 aliphatic rings. The van der Waals surface area contributed by atoms with Gasteiger partial charge in [-0.2, -0.15) is 0 Å². The van der Waals surface area contributed by atoms with Gasteiger partial charge >= 0.3 is 5.63 Å². The highest BCUT2D eigenvalue weighted by atomic mass is 16.4. The lowest BCUT2D eigenvalue weighted by Crippen LogP contribution is -2.54. The molecule has 4 fully saturated rings. The van der Waals surface area contributed by atoms with Crippen molar-refractivity contribution in [1.29, 1.82) is 0 Å². The first-order chi connectivity index (χ1) is 16.4. The van der Waals surface area contributed by atoms with Crippen LogP contribution in [0.15, 0.2) is 39.3 Å². The fourth-order valence-electron chi connectivity index (χ4n) is 9.40. The summed E-state index contributed by atoms with van der Waals surface area (Å²) in [7, 11) is 2.29. The average Bonchev–Trinajstić information content (AvgIpc) is 3.03. The van der Waals surface area contributed by atoms with Crippen molar-refractivity contribution in [2.24, 2.45) is 28.6 Å². The minimum Gasteiger partial charge on any atom is -0.431 e. The number of rotatable bonds is 2. The first-order valence-electron chi connectivity index (χ1n) is 14.1. The Balaban J connectivity index is 1.19. The summed E-state index contributed by atoms with van der Waals surface area (Å²) < 4.78 is 5.28. The Morgan fingerprint density at radius 3 is 2.71 bits per heavy atom. The van der Waals surface area contributed by atoms with Crippen LogP contribution in [0, 0.1) is 28.6 Å². The van der Waals surface area contributed by atoms with Gasteiger partial charge in [0.1, 0.15) is 0 Å². The topological polar surface area (TPSA) is 36.7 Å². The third kappa shape index (κ3) is 3.66. The molecule has 4 nitrogen and oxygen atoms in total. The summed E-state index contributed by atoms with van der Waals surface area (Å²) >= 11 is 0. The number of likely N-dealkylation sites (N-methyl/N-ethyl adjacent to an activating group) is 1. The second-order valence-electron chi connectivity index (χ2n) is 12.9. The molecule has 1 saturated heterocycles. The predicted molar refractivity (Wildman–Crippen MR) is 137 cm³/mol. The molecule has 0 N–H and O–H groups in total. The van der Waals surface area contributed by atoms with Crippen molar-refractivity contribution in [2.75, 3.05) is 33.2 Å². The molecule has 0 amide bonds. The molecule has 0 bridgehead atoms. The molecule has 1 unspecified atom stereocenters. The van der Waals surface area contributed by atoms with E-state index in [0.29, 0.717) is 11.3 Å². The molecule has 4 aliphatic carbocycles. The maximum Gasteiger partial charge on any atom is 0.335 e. The maximum absolute atomic E-state index is 11.5. The fraction of sp³-hybridized carbons (Fsp3) is 0.767. The quantitative estimate of drug-likeness (QED) is 0.527. The standard InChI is InChI=1S/C30H44N2O2/c1-29-13-11-23(32-16-4-15-31(3)17-18-32)19-22(29)6-7-24-26-9-8-25(21-5-10-28(33)34-20-21)30(26,2)14-12-27(24)29/h5,9-10,20,22-25,27H,4,6-8,11-19H2,1-3H3/t22-,23?,24+,25-,27+,29+,30-/m1/s1. The van der Waals surface area contributed by atoms with E-state index in [4.69, 9.17) is 4.42 Å². The van der Waals surface area contributed by atoms with E-state index in [1.165, 1.54) is 83.1 Å². The summed E-state index contributed by atoms with van der Waals surface area (Å²) in [5.74, 6) is 2.99. The summed E-state index contributed by atoms with van der Waals surface area (Å²) in [5, 5.41) is 0. The molecule has 186 valence electrons. The van der Waals surface area contributed by atoms with Gasteiger partial charge in [0.2, 0.25) is 0 Å². The van der Waals surface area contributed by atoms with E-state index in [1.54, 1.807) is 17.9 Å². The van der Waals surface area contributed by atoms with Crippen molar-refractivity contribution in [2.45, 2.75) is 83.6 Å². The van der Waals surface area contributed by atoms with E-state index in [9.17, 15) is 4.79 Å². The van der Waals surface area contributed by atoms with Gasteiger partial charge in [-0.15, -0.1) is 0 Å². The van der Waals surface area contributed by atoms with Gasteiger partial charge in [-0.25, -0.2) is 4.79 Å². The second kappa shape index (κ2) is 8.62. The minimum atomic E-state index is -0.238. The van der Waals surface area contributed by atoms with Gasteiger partial charge < -0.3 is 9.32 Å². The summed E-state index contributed by atoms with van der Waals surface area (Å²) in [6.45, 7) is 10.3. The number of nitrogens with zero attached hydrogens (tertiary/aromatic N) is 2. The first-order valence-corrected chi connectivity index (χ1v) is 14.1. The molecule has 0 spiro atoms. The number of hydrogen-bond donors (Lipinski definition) is 0. The highest BCUT2D eigenvalue weighted by molar-refractivity contribution is 5.36. The van der Waals surface area contributed by atoms with E-state index < -0.39 is 0 Å². The smallest absolute Gasteiger partial charge is 0.335 e. The monoisotopic (exact) mass is 464 g/mol. The Morgan fingerprint density at radius 2 is 1.88 bits per heavy atom. The zero-order chi connectivity index (χ0) is 23.5. The van der Waals surface area contributed by atoms with Crippen LogP contribution in [0.3, 0.4) is 0 Å². The van der Waals surface area contributed by atoms with Gasteiger partial charge in [-0.3, -0.25) is 4.90 Å². The lowest BCUT2D eigenvalue weighted by Gasteiger charge is -2.60. The van der Waals surface area contributed by atoms with E-state index in [1.807, 2.05) is 6.07 Å². The van der Waals surface area contributed by atoms with Crippen LogP contribution in [-0.4, -0.2) is 49.1 Å². The Morgan fingerprint density at radius 1 is 1.00 bits per heavy atom. The molecular formula is C30H44N2O2. The van der Waals surface area contributed by atoms with Crippen LogP contribution in [-0.2, 0) is 0 Å². The van der Waals surface area contributed by atoms with Crippen LogP contribution in [0.4, 0.5) is 0 Å². The van der Waals surface area contributed by atoms with E-state index in [2.05, 4.69) is 36.8 Å². The largest absolute Gasteiger partial charge is 0.431 e. The van der Waals surface area contributed by atoms with Crippen molar-refractivity contribution in [3.63, 3.8) is 0 Å². The molecule has 6 rings (SSSR count). The predicted octanol–water partition coefficient (Wildman–Crippen LogP) is 5.69. The van der Waals surface area contributed by atoms with Crippen LogP contribution in [0.5, 0.6) is 0 Å². The fourth-order valence-corrected chi connectivity index (χ4v) is 9.40. The molecule has 34 heavy (non-hydrogen) atoms. The number of fused-ring (bicyclic) bond motifs is 5. The molecule has 1 aliphatic heterocycles. The van der Waals surface area contributed by atoms with Crippen LogP contribution < -0.4 is 5.63 Å². The molecule has 3 saturated carbocycles. The molecule has 4 heteroatoms. The molecule has 7 atom stereocenters. The van der Waals surface area contributed by atoms with E-state index >= 15 is 0 Å². The van der Waals surface area contributed by atoms with Crippen LogP contribution >= 0.6 is 0 Å². The SMILES string of the molecule is CN1CCCN(C2CC[C@@]3(C)[C@H](CC[C@H]4C5=CC[C@H](c6ccc(=O)oc6)[C@@]5(C)CC[C@@H]43)C2)CC1. The first kappa shape index (κ1) is 23.0. The van der Waals surface area contributed by atoms with Crippen molar-refractivity contribution < 1.29 is 4.42 Å². The Hall–Kier alpha value is -1.39. The highest BCUT2D eigenvalue weighted by Crippen LogP contribution is 2.67. The van der Waals surface area contributed by atoms with Crippen LogP contribution in [0.1, 0.15) is 83.1 Å². The van der Waals surface area contributed by atoms with Crippen molar-refractivity contribution in [3.8, 4) is 0 Å². The molecule has 1 aromatic rings. The third-order valence-electron chi connectivity index (χ3n) is 11.4. The molecule has 2 heterocycles. The van der Waals surface area contributed by atoms with Crippen molar-refractivity contribution in [3.05, 3.63) is 46.0 Å². The average molecular weight is 465 g/mol. The summed E-state index contributed by atoms with van der Waals surface area (Å²) in [6.07, 6.45) is 16.5. The molecular weight excluding hydrogens is 420 g/mol. The maximum atomic E-state index is 11.5. The van der Waals surface area contributed by atoms with Crippen molar-refractivity contribution in [1.82, 2.24) is 9.80 Å². The van der Waals surface area contributed by atoms with Crippen molar-refractivity contribution >= 4 is 0 Å². The minimum absolute atomic E-state index is 0.236. The zero-order valence-electron chi connectivity index (χ0n) is 21.6. The summed E-state index contributed by atoms with van der Waals surface area (Å²) in [5.41, 5.74) is 3.49. The Kier molecular flexibility index (Phi) is 5.84. The number of hydrogen-bond acceptors (Lipinski definition) is 4. The lowest BCUT2D eigenvalue weighted by molar-refractivity contribution is -0.0725. The summed E-state index contributed by atoms with van der Waals surface area (Å²) in [4.78, 5) is 16.9. The normalized spacial score (nSPS) is 43.4. The zero-order valence-corrected chi connectivity index (χ0v) is 21.6. The van der Waals surface area contributed by atoms with Gasteiger partial charge in [-0.05, 0) is 124 Å². The van der Waals surface area contributed by atoms with Gasteiger partial charge in [0.15, 0.2) is 0 Å². The Bertz CT molecular complexity index is 979. The second-order valence-corrected chi connectivity index (χ2v) is 12.9. The van der Waals surface area contributed by atoms with Gasteiger partial charge in [0, 0.05) is 25.2 Å². The van der Waals surface area contributed by atoms with Gasteiger partial charge in [-0.1, -0.05) is 25.5 Å². The van der Waals surface area contributed by atoms with Gasteiger partial charge in [0.25, 0.3) is 0 Å². The lowest BCUT2D eigenvalue weighted by atomic mass is 9.45. The molecule has 0 aromatic carbocycles. The number of allylic oxidation sites excluding steroid dienone is 2. The van der Waals surface area contributed by atoms with E-state index in [0.717, 1.165) is 30.2 Å². The third-order valence-corrected chi connectivity index (χ3v) is 11.4. The van der Waals surface area contributed by atoms with Gasteiger partial charge in [0.05, 0.1) is 6.26 Å². The van der Waals surface area contributed by atoms with E-state index in [-0.39, 0.29) is 11.0 Å². The van der Waals surface area contributed by atoms with Crippen LogP contribution in [0.2, 0.25) is 0 Å². The summed E-state index contributed by atoms with van der Waals surface area (Å²) in [6, 6.07) is 4.44. The Labute approximate surface area is 205 Å².